The topological polar surface area (TPSA) is 112 Å². The maximum atomic E-state index is 13.4. The van der Waals surface area contributed by atoms with Crippen molar-refractivity contribution in [1.82, 2.24) is 19.4 Å². The SMILES string of the molecule is CCOc1cccc(-n2c(=O)n(C(C)C)c3cc(C(=O)N[C@]4(C)CCS(=O)(=O)C4)cnc32)c1. The molecular formula is C23H28N4O5S. The van der Waals surface area contributed by atoms with Crippen molar-refractivity contribution >= 4 is 26.9 Å². The fourth-order valence-electron chi connectivity index (χ4n) is 4.29. The fourth-order valence-corrected chi connectivity index (χ4v) is 6.38. The predicted molar refractivity (Wildman–Crippen MR) is 126 cm³/mol. The third-order valence-corrected chi connectivity index (χ3v) is 7.70. The van der Waals surface area contributed by atoms with Crippen molar-refractivity contribution < 1.29 is 17.9 Å². The molecule has 1 amide bonds. The number of amides is 1. The van der Waals surface area contributed by atoms with Crippen LogP contribution in [0.15, 0.2) is 41.3 Å². The van der Waals surface area contributed by atoms with E-state index in [0.717, 1.165) is 0 Å². The average molecular weight is 473 g/mol. The van der Waals surface area contributed by atoms with E-state index in [0.29, 0.717) is 35.6 Å². The van der Waals surface area contributed by atoms with Crippen molar-refractivity contribution in [1.29, 1.82) is 0 Å². The van der Waals surface area contributed by atoms with E-state index in [4.69, 9.17) is 4.74 Å². The number of pyridine rings is 1. The number of imidazole rings is 1. The molecule has 1 fully saturated rings. The number of carbonyl (C=O) groups excluding carboxylic acids is 1. The molecule has 0 aliphatic carbocycles. The van der Waals surface area contributed by atoms with Crippen LogP contribution >= 0.6 is 0 Å². The number of rotatable bonds is 6. The Labute approximate surface area is 192 Å². The smallest absolute Gasteiger partial charge is 0.335 e. The summed E-state index contributed by atoms with van der Waals surface area (Å²) in [5.41, 5.74) is 0.731. The largest absolute Gasteiger partial charge is 0.494 e. The summed E-state index contributed by atoms with van der Waals surface area (Å²) in [5, 5.41) is 2.85. The van der Waals surface area contributed by atoms with Crippen LogP contribution in [0.25, 0.3) is 16.9 Å². The molecule has 4 rings (SSSR count). The van der Waals surface area contributed by atoms with Gasteiger partial charge in [-0.3, -0.25) is 9.36 Å². The summed E-state index contributed by atoms with van der Waals surface area (Å²) >= 11 is 0. The zero-order chi connectivity index (χ0) is 24.0. The minimum absolute atomic E-state index is 0.0532. The maximum absolute atomic E-state index is 13.4. The number of aromatic nitrogens is 3. The molecule has 1 atom stereocenters. The second-order valence-corrected chi connectivity index (χ2v) is 11.1. The number of ether oxygens (including phenoxy) is 1. The van der Waals surface area contributed by atoms with Gasteiger partial charge in [0.05, 0.1) is 40.4 Å². The van der Waals surface area contributed by atoms with Gasteiger partial charge in [-0.15, -0.1) is 0 Å². The van der Waals surface area contributed by atoms with Crippen molar-refractivity contribution in [2.75, 3.05) is 18.1 Å². The molecule has 1 saturated heterocycles. The maximum Gasteiger partial charge on any atom is 0.335 e. The molecule has 10 heteroatoms. The van der Waals surface area contributed by atoms with Crippen LogP contribution in [0.4, 0.5) is 0 Å². The molecule has 3 heterocycles. The average Bonchev–Trinajstić information content (AvgIpc) is 3.19. The Morgan fingerprint density at radius 2 is 2.06 bits per heavy atom. The summed E-state index contributed by atoms with van der Waals surface area (Å²) in [6.07, 6.45) is 1.78. The lowest BCUT2D eigenvalue weighted by Gasteiger charge is -2.23. The normalized spacial score (nSPS) is 19.8. The third-order valence-electron chi connectivity index (χ3n) is 5.80. The second kappa shape index (κ2) is 8.33. The molecule has 1 aromatic carbocycles. The first-order valence-corrected chi connectivity index (χ1v) is 12.7. The fraction of sp³-hybridized carbons (Fsp3) is 0.435. The molecule has 0 bridgehead atoms. The van der Waals surface area contributed by atoms with E-state index in [-0.39, 0.29) is 28.8 Å². The number of nitrogens with zero attached hydrogens (tertiary/aromatic N) is 3. The van der Waals surface area contributed by atoms with Crippen LogP contribution in [0.5, 0.6) is 5.75 Å². The van der Waals surface area contributed by atoms with Gasteiger partial charge in [0.2, 0.25) is 0 Å². The molecule has 0 unspecified atom stereocenters. The highest BCUT2D eigenvalue weighted by Gasteiger charge is 2.39. The Bertz CT molecular complexity index is 1390. The number of fused-ring (bicyclic) bond motifs is 1. The van der Waals surface area contributed by atoms with Gasteiger partial charge in [-0.1, -0.05) is 6.07 Å². The molecular weight excluding hydrogens is 444 g/mol. The van der Waals surface area contributed by atoms with Gasteiger partial charge in [-0.25, -0.2) is 22.8 Å². The van der Waals surface area contributed by atoms with Crippen LogP contribution in [0.3, 0.4) is 0 Å². The minimum atomic E-state index is -3.16. The molecule has 2 aromatic heterocycles. The molecule has 0 radical (unpaired) electrons. The van der Waals surface area contributed by atoms with E-state index < -0.39 is 21.3 Å². The van der Waals surface area contributed by atoms with E-state index in [1.54, 1.807) is 29.7 Å². The van der Waals surface area contributed by atoms with Crippen molar-refractivity contribution in [3.8, 4) is 11.4 Å². The predicted octanol–water partition coefficient (Wildman–Crippen LogP) is 2.47. The van der Waals surface area contributed by atoms with Crippen LogP contribution in [-0.2, 0) is 9.84 Å². The van der Waals surface area contributed by atoms with Gasteiger partial charge in [-0.05, 0) is 52.3 Å². The lowest BCUT2D eigenvalue weighted by Crippen LogP contribution is -2.46. The van der Waals surface area contributed by atoms with Gasteiger partial charge in [0.25, 0.3) is 5.91 Å². The lowest BCUT2D eigenvalue weighted by molar-refractivity contribution is 0.0915. The summed E-state index contributed by atoms with van der Waals surface area (Å²) in [5.74, 6) is 0.184. The molecule has 1 aliphatic rings. The Kier molecular flexibility index (Phi) is 5.81. The Balaban J connectivity index is 1.78. The number of nitrogens with one attached hydrogen (secondary N) is 1. The highest BCUT2D eigenvalue weighted by atomic mass is 32.2. The Hall–Kier alpha value is -3.14. The molecule has 3 aromatic rings. The third kappa shape index (κ3) is 4.39. The molecule has 1 N–H and O–H groups in total. The van der Waals surface area contributed by atoms with Crippen LogP contribution in [0, 0.1) is 0 Å². The molecule has 176 valence electrons. The van der Waals surface area contributed by atoms with E-state index in [1.807, 2.05) is 32.9 Å². The number of carbonyl (C=O) groups is 1. The number of sulfone groups is 1. The number of benzene rings is 1. The van der Waals surface area contributed by atoms with Crippen molar-refractivity contribution in [3.05, 3.63) is 52.6 Å². The minimum Gasteiger partial charge on any atom is -0.494 e. The zero-order valence-corrected chi connectivity index (χ0v) is 20.0. The van der Waals surface area contributed by atoms with Crippen molar-refractivity contribution in [3.63, 3.8) is 0 Å². The molecule has 1 aliphatic heterocycles. The van der Waals surface area contributed by atoms with Gasteiger partial charge in [0, 0.05) is 18.3 Å². The van der Waals surface area contributed by atoms with Crippen LogP contribution in [0.2, 0.25) is 0 Å². The quantitative estimate of drug-likeness (QED) is 0.590. The summed E-state index contributed by atoms with van der Waals surface area (Å²) in [6.45, 7) is 7.90. The van der Waals surface area contributed by atoms with Gasteiger partial charge in [0.15, 0.2) is 15.5 Å². The van der Waals surface area contributed by atoms with Gasteiger partial charge < -0.3 is 10.1 Å². The van der Waals surface area contributed by atoms with Crippen LogP contribution < -0.4 is 15.7 Å². The molecule has 9 nitrogen and oxygen atoms in total. The van der Waals surface area contributed by atoms with E-state index >= 15 is 0 Å². The first-order chi connectivity index (χ1) is 15.5. The number of hydrogen-bond acceptors (Lipinski definition) is 6. The standard InChI is InChI=1S/C23H28N4O5S/c1-5-32-18-8-6-7-17(12-18)27-20-19(26(15(2)3)22(27)29)11-16(13-24-20)21(28)25-23(4)9-10-33(30,31)14-23/h6-8,11-13,15H,5,9-10,14H2,1-4H3,(H,25,28)/t23-/m1/s1. The van der Waals surface area contributed by atoms with Gasteiger partial charge in [-0.2, -0.15) is 0 Å². The molecule has 0 spiro atoms. The van der Waals surface area contributed by atoms with E-state index in [9.17, 15) is 18.0 Å². The lowest BCUT2D eigenvalue weighted by atomic mass is 10.0. The highest BCUT2D eigenvalue weighted by Crippen LogP contribution is 2.25. The second-order valence-electron chi connectivity index (χ2n) is 8.94. The van der Waals surface area contributed by atoms with Crippen molar-refractivity contribution in [2.24, 2.45) is 0 Å². The summed E-state index contributed by atoms with van der Waals surface area (Å²) in [7, 11) is -3.16. The zero-order valence-electron chi connectivity index (χ0n) is 19.2. The first kappa shape index (κ1) is 23.0. The summed E-state index contributed by atoms with van der Waals surface area (Å²) in [6, 6.07) is 8.67. The Morgan fingerprint density at radius 3 is 2.70 bits per heavy atom. The van der Waals surface area contributed by atoms with Crippen LogP contribution in [-0.4, -0.2) is 52.1 Å². The highest BCUT2D eigenvalue weighted by molar-refractivity contribution is 7.91. The van der Waals surface area contributed by atoms with E-state index in [1.165, 1.54) is 10.8 Å². The first-order valence-electron chi connectivity index (χ1n) is 10.9. The Morgan fingerprint density at radius 1 is 1.30 bits per heavy atom. The molecule has 0 saturated carbocycles. The van der Waals surface area contributed by atoms with Crippen LogP contribution in [0.1, 0.15) is 50.5 Å². The number of hydrogen-bond donors (Lipinski definition) is 1. The monoisotopic (exact) mass is 472 g/mol. The van der Waals surface area contributed by atoms with Gasteiger partial charge in [0.1, 0.15) is 5.75 Å². The summed E-state index contributed by atoms with van der Waals surface area (Å²) < 4.78 is 32.4. The summed E-state index contributed by atoms with van der Waals surface area (Å²) in [4.78, 5) is 30.8. The van der Waals surface area contributed by atoms with Crippen molar-refractivity contribution in [2.45, 2.75) is 45.7 Å². The van der Waals surface area contributed by atoms with Gasteiger partial charge >= 0.3 is 5.69 Å². The molecule has 33 heavy (non-hydrogen) atoms. The van der Waals surface area contributed by atoms with E-state index in [2.05, 4.69) is 10.3 Å².